The fraction of sp³-hybridized carbons (Fsp3) is 0.500. The average Bonchev–Trinajstić information content (AvgIpc) is 2.66. The number of halogens is 1. The molecule has 0 spiro atoms. The lowest BCUT2D eigenvalue weighted by Crippen LogP contribution is -2.29. The van der Waals surface area contributed by atoms with Gasteiger partial charge in [-0.15, -0.1) is 22.9 Å². The molecule has 1 heterocycles. The molecular formula is C8H11ClN2OS. The van der Waals surface area contributed by atoms with Crippen LogP contribution in [-0.2, 0) is 0 Å². The molecule has 0 aromatic carbocycles. The number of nitrogens with zero attached hydrogens (tertiary/aromatic N) is 1. The number of aromatic nitrogens is 1. The molecule has 1 unspecified atom stereocenters. The number of thiazole rings is 1. The molecule has 1 aromatic rings. The van der Waals surface area contributed by atoms with Gasteiger partial charge in [0.1, 0.15) is 5.69 Å². The van der Waals surface area contributed by atoms with E-state index in [0.717, 1.165) is 6.42 Å². The molecule has 1 rings (SSSR count). The summed E-state index contributed by atoms with van der Waals surface area (Å²) in [5.41, 5.74) is 2.09. The molecule has 1 atom stereocenters. The molecule has 0 fully saturated rings. The van der Waals surface area contributed by atoms with Crippen molar-refractivity contribution in [1.29, 1.82) is 0 Å². The van der Waals surface area contributed by atoms with E-state index in [2.05, 4.69) is 10.3 Å². The maximum atomic E-state index is 11.3. The lowest BCUT2D eigenvalue weighted by Gasteiger charge is -2.06. The van der Waals surface area contributed by atoms with Crippen LogP contribution >= 0.6 is 22.9 Å². The summed E-state index contributed by atoms with van der Waals surface area (Å²) in [6.45, 7) is 2.47. The van der Waals surface area contributed by atoms with E-state index in [4.69, 9.17) is 11.6 Å². The smallest absolute Gasteiger partial charge is 0.270 e. The number of alkyl halides is 1. The molecule has 0 saturated heterocycles. The molecule has 3 nitrogen and oxygen atoms in total. The molecule has 0 aliphatic heterocycles. The number of carbonyl (C=O) groups is 1. The predicted octanol–water partition coefficient (Wildman–Crippen LogP) is 1.89. The van der Waals surface area contributed by atoms with Gasteiger partial charge in [0.25, 0.3) is 5.91 Å². The minimum atomic E-state index is -0.152. The molecule has 13 heavy (non-hydrogen) atoms. The zero-order chi connectivity index (χ0) is 9.68. The normalized spacial score (nSPS) is 12.5. The molecule has 72 valence electrons. The monoisotopic (exact) mass is 218 g/mol. The van der Waals surface area contributed by atoms with E-state index in [1.165, 1.54) is 11.3 Å². The molecule has 5 heteroatoms. The minimum absolute atomic E-state index is 0.00239. The minimum Gasteiger partial charge on any atom is -0.349 e. The topological polar surface area (TPSA) is 42.0 Å². The van der Waals surface area contributed by atoms with Gasteiger partial charge in [-0.1, -0.05) is 6.92 Å². The van der Waals surface area contributed by atoms with Crippen molar-refractivity contribution in [3.8, 4) is 0 Å². The Hall–Kier alpha value is -0.610. The second-order valence-corrected chi connectivity index (χ2v) is 3.93. The first kappa shape index (κ1) is 10.5. The van der Waals surface area contributed by atoms with Gasteiger partial charge in [-0.2, -0.15) is 0 Å². The summed E-state index contributed by atoms with van der Waals surface area (Å²) in [6, 6.07) is 0. The van der Waals surface area contributed by atoms with Crippen LogP contribution in [0.15, 0.2) is 10.9 Å². The van der Waals surface area contributed by atoms with E-state index in [1.54, 1.807) is 10.9 Å². The van der Waals surface area contributed by atoms with E-state index in [9.17, 15) is 4.79 Å². The molecule has 1 aromatic heterocycles. The van der Waals surface area contributed by atoms with Crippen molar-refractivity contribution in [1.82, 2.24) is 10.3 Å². The second-order valence-electron chi connectivity index (χ2n) is 2.59. The van der Waals surface area contributed by atoms with Gasteiger partial charge >= 0.3 is 0 Å². The summed E-state index contributed by atoms with van der Waals surface area (Å²) in [6.07, 6.45) is 0.846. The van der Waals surface area contributed by atoms with Crippen molar-refractivity contribution in [3.05, 3.63) is 16.6 Å². The zero-order valence-corrected chi connectivity index (χ0v) is 8.86. The van der Waals surface area contributed by atoms with E-state index < -0.39 is 0 Å². The zero-order valence-electron chi connectivity index (χ0n) is 7.29. The van der Waals surface area contributed by atoms with Crippen molar-refractivity contribution in [2.24, 2.45) is 0 Å². The third-order valence-corrected chi connectivity index (χ3v) is 2.64. The van der Waals surface area contributed by atoms with Gasteiger partial charge in [0.15, 0.2) is 0 Å². The van der Waals surface area contributed by atoms with Crippen molar-refractivity contribution < 1.29 is 4.79 Å². The van der Waals surface area contributed by atoms with Crippen LogP contribution in [0.4, 0.5) is 0 Å². The number of carbonyl (C=O) groups excluding carboxylic acids is 1. The molecule has 1 amide bonds. The third-order valence-electron chi connectivity index (χ3n) is 1.59. The van der Waals surface area contributed by atoms with Gasteiger partial charge < -0.3 is 5.32 Å². The summed E-state index contributed by atoms with van der Waals surface area (Å²) in [4.78, 5) is 15.2. The Labute approximate surface area is 86.1 Å². The van der Waals surface area contributed by atoms with Crippen LogP contribution in [-0.4, -0.2) is 22.8 Å². The van der Waals surface area contributed by atoms with Crippen molar-refractivity contribution in [2.45, 2.75) is 18.7 Å². The van der Waals surface area contributed by atoms with Gasteiger partial charge in [0.2, 0.25) is 0 Å². The van der Waals surface area contributed by atoms with E-state index in [0.29, 0.717) is 12.2 Å². The highest BCUT2D eigenvalue weighted by Gasteiger charge is 2.08. The highest BCUT2D eigenvalue weighted by molar-refractivity contribution is 7.07. The Morgan fingerprint density at radius 3 is 3.15 bits per heavy atom. The Morgan fingerprint density at radius 2 is 2.62 bits per heavy atom. The standard InChI is InChI=1S/C8H11ClN2OS/c1-2-6(9)3-10-8(12)7-4-13-5-11-7/h4-6H,2-3H2,1H3,(H,10,12). The van der Waals surface area contributed by atoms with Crippen molar-refractivity contribution in [2.75, 3.05) is 6.54 Å². The summed E-state index contributed by atoms with van der Waals surface area (Å²) in [7, 11) is 0. The van der Waals surface area contributed by atoms with E-state index in [-0.39, 0.29) is 11.3 Å². The van der Waals surface area contributed by atoms with Crippen LogP contribution in [0.2, 0.25) is 0 Å². The molecule has 0 saturated carbocycles. The summed E-state index contributed by atoms with van der Waals surface area (Å²) >= 11 is 7.24. The fourth-order valence-corrected chi connectivity index (χ4v) is 1.37. The van der Waals surface area contributed by atoms with E-state index >= 15 is 0 Å². The van der Waals surface area contributed by atoms with Crippen molar-refractivity contribution in [3.63, 3.8) is 0 Å². The quantitative estimate of drug-likeness (QED) is 0.785. The highest BCUT2D eigenvalue weighted by Crippen LogP contribution is 2.02. The summed E-state index contributed by atoms with van der Waals surface area (Å²) < 4.78 is 0. The maximum absolute atomic E-state index is 11.3. The number of hydrogen-bond donors (Lipinski definition) is 1. The second kappa shape index (κ2) is 5.19. The Balaban J connectivity index is 2.35. The van der Waals surface area contributed by atoms with Crippen molar-refractivity contribution >= 4 is 28.8 Å². The largest absolute Gasteiger partial charge is 0.349 e. The average molecular weight is 219 g/mol. The highest BCUT2D eigenvalue weighted by atomic mass is 35.5. The summed E-state index contributed by atoms with van der Waals surface area (Å²) in [5, 5.41) is 4.42. The fourth-order valence-electron chi connectivity index (χ4n) is 0.763. The molecular weight excluding hydrogens is 208 g/mol. The molecule has 0 aliphatic rings. The van der Waals surface area contributed by atoms with Gasteiger partial charge in [-0.25, -0.2) is 4.98 Å². The van der Waals surface area contributed by atoms with Crippen LogP contribution in [0.1, 0.15) is 23.8 Å². The number of nitrogens with one attached hydrogen (secondary N) is 1. The lowest BCUT2D eigenvalue weighted by atomic mass is 10.3. The molecule has 1 N–H and O–H groups in total. The SMILES string of the molecule is CCC(Cl)CNC(=O)c1cscn1. The first-order chi connectivity index (χ1) is 6.24. The molecule has 0 bridgehead atoms. The Kier molecular flexibility index (Phi) is 4.18. The number of amides is 1. The summed E-state index contributed by atoms with van der Waals surface area (Å²) in [5.74, 6) is -0.152. The van der Waals surface area contributed by atoms with Crippen LogP contribution in [0, 0.1) is 0 Å². The first-order valence-electron chi connectivity index (χ1n) is 4.04. The molecule has 0 aliphatic carbocycles. The number of rotatable bonds is 4. The van der Waals surface area contributed by atoms with Crippen LogP contribution < -0.4 is 5.32 Å². The Bertz CT molecular complexity index is 263. The van der Waals surface area contributed by atoms with E-state index in [1.807, 2.05) is 6.92 Å². The van der Waals surface area contributed by atoms with Gasteiger partial charge in [-0.3, -0.25) is 4.79 Å². The predicted molar refractivity (Wildman–Crippen MR) is 54.4 cm³/mol. The lowest BCUT2D eigenvalue weighted by molar-refractivity contribution is 0.0949. The van der Waals surface area contributed by atoms with Gasteiger partial charge in [0.05, 0.1) is 10.9 Å². The maximum Gasteiger partial charge on any atom is 0.270 e. The van der Waals surface area contributed by atoms with Crippen LogP contribution in [0.25, 0.3) is 0 Å². The molecule has 0 radical (unpaired) electrons. The van der Waals surface area contributed by atoms with Crippen LogP contribution in [0.3, 0.4) is 0 Å². The number of hydrogen-bond acceptors (Lipinski definition) is 3. The Morgan fingerprint density at radius 1 is 1.85 bits per heavy atom. The van der Waals surface area contributed by atoms with Crippen LogP contribution in [0.5, 0.6) is 0 Å². The first-order valence-corrected chi connectivity index (χ1v) is 5.42. The van der Waals surface area contributed by atoms with Gasteiger partial charge in [0, 0.05) is 11.9 Å². The third kappa shape index (κ3) is 3.32. The van der Waals surface area contributed by atoms with Gasteiger partial charge in [-0.05, 0) is 6.42 Å².